The van der Waals surface area contributed by atoms with Crippen LogP contribution in [0.5, 0.6) is 0 Å². The van der Waals surface area contributed by atoms with Crippen molar-refractivity contribution < 1.29 is 14.7 Å². The van der Waals surface area contributed by atoms with Crippen molar-refractivity contribution >= 4 is 23.6 Å². The van der Waals surface area contributed by atoms with Gasteiger partial charge in [-0.25, -0.2) is 4.79 Å². The predicted octanol–water partition coefficient (Wildman–Crippen LogP) is 6.21. The lowest BCUT2D eigenvalue weighted by Crippen LogP contribution is -2.36. The summed E-state index contributed by atoms with van der Waals surface area (Å²) >= 11 is 1.89. The molecule has 1 N–H and O–H groups in total. The first-order valence-electron chi connectivity index (χ1n) is 11.0. The summed E-state index contributed by atoms with van der Waals surface area (Å²) < 4.78 is 0. The van der Waals surface area contributed by atoms with Crippen molar-refractivity contribution in [1.29, 1.82) is 0 Å². The maximum Gasteiger partial charge on any atom is 0.328 e. The fourth-order valence-electron chi connectivity index (χ4n) is 2.63. The Morgan fingerprint density at radius 1 is 0.636 bits per heavy atom. The lowest BCUT2D eigenvalue weighted by molar-refractivity contribution is -0.131. The Labute approximate surface area is 202 Å². The van der Waals surface area contributed by atoms with Crippen molar-refractivity contribution in [2.45, 2.75) is 27.7 Å². The monoisotopic (exact) mass is 465 g/mol. The van der Waals surface area contributed by atoms with Gasteiger partial charge in [-0.15, -0.1) is 0 Å². The number of amides is 1. The Kier molecular flexibility index (Phi) is 14.0. The molecule has 1 heterocycles. The molecule has 1 aliphatic heterocycles. The minimum atomic E-state index is -0.951. The highest BCUT2D eigenvalue weighted by Crippen LogP contribution is 2.10. The SMILES string of the molecule is CC(=C/C=C/C(C)=C/C=C/C=C(C)/C=C/C=C(C)/C=C/C(=O)N1CCSCC1)/C=C/C(=O)O. The van der Waals surface area contributed by atoms with Crippen LogP contribution in [-0.2, 0) is 9.59 Å². The van der Waals surface area contributed by atoms with E-state index in [1.165, 1.54) is 0 Å². The molecule has 0 radical (unpaired) electrons. The summed E-state index contributed by atoms with van der Waals surface area (Å²) in [6, 6.07) is 0. The van der Waals surface area contributed by atoms with E-state index < -0.39 is 5.97 Å². The summed E-state index contributed by atoms with van der Waals surface area (Å²) in [6.07, 6.45) is 26.0. The Bertz CT molecular complexity index is 934. The molecule has 1 rings (SSSR count). The van der Waals surface area contributed by atoms with E-state index in [4.69, 9.17) is 5.11 Å². The number of hydrogen-bond acceptors (Lipinski definition) is 3. The average molecular weight is 466 g/mol. The molecule has 0 saturated carbocycles. The van der Waals surface area contributed by atoms with Crippen molar-refractivity contribution in [1.82, 2.24) is 4.90 Å². The van der Waals surface area contributed by atoms with Crippen LogP contribution in [0.15, 0.2) is 107 Å². The lowest BCUT2D eigenvalue weighted by Gasteiger charge is -2.25. The second-order valence-corrected chi connectivity index (χ2v) is 8.91. The third-order valence-corrected chi connectivity index (χ3v) is 5.51. The zero-order valence-corrected chi connectivity index (χ0v) is 20.8. The highest BCUT2D eigenvalue weighted by atomic mass is 32.2. The highest BCUT2D eigenvalue weighted by Gasteiger charge is 2.13. The van der Waals surface area contributed by atoms with Crippen molar-refractivity contribution in [3.05, 3.63) is 107 Å². The largest absolute Gasteiger partial charge is 0.478 e. The summed E-state index contributed by atoms with van der Waals surface area (Å²) in [5.74, 6) is 1.18. The molecule has 0 bridgehead atoms. The van der Waals surface area contributed by atoms with Gasteiger partial charge in [0.1, 0.15) is 0 Å². The first-order valence-corrected chi connectivity index (χ1v) is 12.1. The summed E-state index contributed by atoms with van der Waals surface area (Å²) in [5.41, 5.74) is 4.10. The van der Waals surface area contributed by atoms with E-state index in [-0.39, 0.29) is 5.91 Å². The number of rotatable bonds is 10. The number of carbonyl (C=O) groups excluding carboxylic acids is 1. The van der Waals surface area contributed by atoms with Crippen LogP contribution in [0.3, 0.4) is 0 Å². The second kappa shape index (κ2) is 16.6. The lowest BCUT2D eigenvalue weighted by atomic mass is 10.2. The number of carboxylic acids is 1. The van der Waals surface area contributed by atoms with E-state index in [1.807, 2.05) is 111 Å². The molecule has 176 valence electrons. The Morgan fingerprint density at radius 3 is 1.55 bits per heavy atom. The Balaban J connectivity index is 2.51. The minimum absolute atomic E-state index is 0.0904. The van der Waals surface area contributed by atoms with Crippen LogP contribution < -0.4 is 0 Å². The molecule has 33 heavy (non-hydrogen) atoms. The number of aliphatic carboxylic acids is 1. The normalized spacial score (nSPS) is 17.5. The quantitative estimate of drug-likeness (QED) is 0.308. The molecule has 1 amide bonds. The molecule has 0 atom stereocenters. The van der Waals surface area contributed by atoms with Crippen molar-refractivity contribution in [3.63, 3.8) is 0 Å². The van der Waals surface area contributed by atoms with Crippen LogP contribution in [-0.4, -0.2) is 46.5 Å². The maximum absolute atomic E-state index is 12.2. The highest BCUT2D eigenvalue weighted by molar-refractivity contribution is 7.99. The van der Waals surface area contributed by atoms with Crippen LogP contribution in [0.1, 0.15) is 27.7 Å². The maximum atomic E-state index is 12.2. The van der Waals surface area contributed by atoms with Crippen molar-refractivity contribution in [2.75, 3.05) is 24.6 Å². The zero-order valence-electron chi connectivity index (χ0n) is 20.0. The van der Waals surface area contributed by atoms with Crippen LogP contribution >= 0.6 is 11.8 Å². The van der Waals surface area contributed by atoms with Gasteiger partial charge < -0.3 is 10.0 Å². The van der Waals surface area contributed by atoms with Crippen LogP contribution in [0, 0.1) is 0 Å². The third kappa shape index (κ3) is 14.6. The number of allylic oxidation sites excluding steroid dienone is 16. The van der Waals surface area contributed by atoms with Gasteiger partial charge in [-0.3, -0.25) is 4.79 Å². The second-order valence-electron chi connectivity index (χ2n) is 7.69. The van der Waals surface area contributed by atoms with Gasteiger partial charge in [-0.1, -0.05) is 95.2 Å². The van der Waals surface area contributed by atoms with Gasteiger partial charge in [0.05, 0.1) is 0 Å². The van der Waals surface area contributed by atoms with E-state index in [9.17, 15) is 9.59 Å². The molecule has 0 unspecified atom stereocenters. The standard InChI is InChI=1S/C28H35NO3S/c1-23(9-5-6-10-24(2)12-8-14-26(4)16-18-28(31)32)11-7-13-25(3)15-17-27(30)29-19-21-33-22-20-29/h5-18H,19-22H2,1-4H3,(H,31,32)/b6-5+,11-7+,12-8+,17-15+,18-16+,23-9+,24-10+,25-13+,26-14-. The Hall–Kier alpha value is -3.05. The van der Waals surface area contributed by atoms with Crippen molar-refractivity contribution in [3.8, 4) is 0 Å². The van der Waals surface area contributed by atoms with Crippen LogP contribution in [0.2, 0.25) is 0 Å². The van der Waals surface area contributed by atoms with Gasteiger partial charge in [0.2, 0.25) is 5.91 Å². The summed E-state index contributed by atoms with van der Waals surface area (Å²) in [7, 11) is 0. The minimum Gasteiger partial charge on any atom is -0.478 e. The first kappa shape index (κ1) is 28.0. The zero-order chi connectivity index (χ0) is 24.5. The average Bonchev–Trinajstić information content (AvgIpc) is 2.79. The van der Waals surface area contributed by atoms with E-state index >= 15 is 0 Å². The number of carboxylic acid groups (broad SMARTS) is 1. The molecule has 0 aromatic carbocycles. The van der Waals surface area contributed by atoms with Crippen molar-refractivity contribution in [2.24, 2.45) is 0 Å². The van der Waals surface area contributed by atoms with E-state index in [0.29, 0.717) is 0 Å². The molecule has 4 nitrogen and oxygen atoms in total. The molecule has 0 aliphatic carbocycles. The van der Waals surface area contributed by atoms with Gasteiger partial charge in [-0.05, 0) is 27.7 Å². The van der Waals surface area contributed by atoms with Gasteiger partial charge >= 0.3 is 5.97 Å². The molecular weight excluding hydrogens is 430 g/mol. The number of thioether (sulfide) groups is 1. The molecule has 0 spiro atoms. The third-order valence-electron chi connectivity index (χ3n) is 4.57. The summed E-state index contributed by atoms with van der Waals surface area (Å²) in [5, 5.41) is 8.61. The van der Waals surface area contributed by atoms with E-state index in [1.54, 1.807) is 12.2 Å². The molecule has 1 aliphatic rings. The summed E-state index contributed by atoms with van der Waals surface area (Å²) in [6.45, 7) is 9.55. The fourth-order valence-corrected chi connectivity index (χ4v) is 3.54. The predicted molar refractivity (Wildman–Crippen MR) is 142 cm³/mol. The number of hydrogen-bond donors (Lipinski definition) is 1. The van der Waals surface area contributed by atoms with Gasteiger partial charge in [0.15, 0.2) is 0 Å². The number of nitrogens with zero attached hydrogens (tertiary/aromatic N) is 1. The van der Waals surface area contributed by atoms with Crippen LogP contribution in [0.25, 0.3) is 0 Å². The van der Waals surface area contributed by atoms with Gasteiger partial charge in [0.25, 0.3) is 0 Å². The molecular formula is C28H35NO3S. The molecule has 1 saturated heterocycles. The van der Waals surface area contributed by atoms with Crippen LogP contribution in [0.4, 0.5) is 0 Å². The van der Waals surface area contributed by atoms with E-state index in [0.717, 1.165) is 53.0 Å². The molecule has 0 aromatic heterocycles. The van der Waals surface area contributed by atoms with Gasteiger partial charge in [0, 0.05) is 36.7 Å². The Morgan fingerprint density at radius 2 is 1.06 bits per heavy atom. The van der Waals surface area contributed by atoms with Gasteiger partial charge in [-0.2, -0.15) is 11.8 Å². The number of carbonyl (C=O) groups is 2. The summed E-state index contributed by atoms with van der Waals surface area (Å²) in [4.78, 5) is 24.5. The fraction of sp³-hybridized carbons (Fsp3) is 0.286. The topological polar surface area (TPSA) is 57.6 Å². The van der Waals surface area contributed by atoms with E-state index in [2.05, 4.69) is 0 Å². The molecule has 1 fully saturated rings. The molecule has 5 heteroatoms. The smallest absolute Gasteiger partial charge is 0.328 e. The first-order chi connectivity index (χ1) is 15.8. The molecule has 0 aromatic rings.